The van der Waals surface area contributed by atoms with Crippen molar-refractivity contribution < 1.29 is 23.8 Å². The van der Waals surface area contributed by atoms with Crippen LogP contribution in [0.15, 0.2) is 41.6 Å². The SMILES string of the molecule is CCOC(=O)c1ccc2c(c1)nc(SCC(=O)N1CCC[C@@H]1c1cc(OC)ccc1OC)n2CC. The number of carbonyl (C=O) groups excluding carboxylic acids is 2. The second-order valence-corrected chi connectivity index (χ2v) is 9.15. The fraction of sp³-hybridized carbons (Fsp3) is 0.423. The molecule has 4 rings (SSSR count). The molecule has 1 fully saturated rings. The van der Waals surface area contributed by atoms with Crippen LogP contribution in [0.4, 0.5) is 0 Å². The number of aromatic nitrogens is 2. The number of esters is 1. The minimum Gasteiger partial charge on any atom is -0.497 e. The molecule has 1 amide bonds. The Hall–Kier alpha value is -3.20. The number of imidazole rings is 1. The average molecular weight is 498 g/mol. The number of ether oxygens (including phenoxy) is 3. The van der Waals surface area contributed by atoms with E-state index in [9.17, 15) is 9.59 Å². The maximum absolute atomic E-state index is 13.3. The van der Waals surface area contributed by atoms with E-state index in [2.05, 4.69) is 4.57 Å². The van der Waals surface area contributed by atoms with Crippen LogP contribution < -0.4 is 9.47 Å². The Morgan fingerprint density at radius 2 is 1.94 bits per heavy atom. The summed E-state index contributed by atoms with van der Waals surface area (Å²) in [5.41, 5.74) is 3.08. The third-order valence-corrected chi connectivity index (χ3v) is 7.20. The van der Waals surface area contributed by atoms with Gasteiger partial charge < -0.3 is 23.7 Å². The van der Waals surface area contributed by atoms with Gasteiger partial charge in [-0.3, -0.25) is 4.79 Å². The number of rotatable bonds is 9. The Morgan fingerprint density at radius 3 is 2.66 bits per heavy atom. The summed E-state index contributed by atoms with van der Waals surface area (Å²) in [6.07, 6.45) is 1.82. The van der Waals surface area contributed by atoms with Crippen LogP contribution in [0, 0.1) is 0 Å². The van der Waals surface area contributed by atoms with Crippen molar-refractivity contribution in [3.63, 3.8) is 0 Å². The summed E-state index contributed by atoms with van der Waals surface area (Å²) in [5, 5.41) is 0.756. The first-order chi connectivity index (χ1) is 17.0. The molecule has 1 saturated heterocycles. The number of fused-ring (bicyclic) bond motifs is 1. The van der Waals surface area contributed by atoms with E-state index in [1.165, 1.54) is 11.8 Å². The fourth-order valence-electron chi connectivity index (χ4n) is 4.56. The van der Waals surface area contributed by atoms with Gasteiger partial charge in [-0.15, -0.1) is 0 Å². The van der Waals surface area contributed by atoms with Crippen molar-refractivity contribution in [3.05, 3.63) is 47.5 Å². The van der Waals surface area contributed by atoms with E-state index in [0.717, 1.165) is 40.6 Å². The van der Waals surface area contributed by atoms with Crippen molar-refractivity contribution in [3.8, 4) is 11.5 Å². The summed E-state index contributed by atoms with van der Waals surface area (Å²) < 4.78 is 18.2. The van der Waals surface area contributed by atoms with Crippen molar-refractivity contribution in [1.29, 1.82) is 0 Å². The lowest BCUT2D eigenvalue weighted by atomic mass is 10.0. The van der Waals surface area contributed by atoms with Gasteiger partial charge in [-0.1, -0.05) is 11.8 Å². The summed E-state index contributed by atoms with van der Waals surface area (Å²) in [6, 6.07) is 11.0. The fourth-order valence-corrected chi connectivity index (χ4v) is 5.53. The molecule has 8 nitrogen and oxygen atoms in total. The van der Waals surface area contributed by atoms with E-state index in [1.54, 1.807) is 33.3 Å². The van der Waals surface area contributed by atoms with Gasteiger partial charge in [-0.25, -0.2) is 9.78 Å². The topological polar surface area (TPSA) is 82.9 Å². The molecular weight excluding hydrogens is 466 g/mol. The van der Waals surface area contributed by atoms with Crippen molar-refractivity contribution in [2.45, 2.75) is 44.4 Å². The van der Waals surface area contributed by atoms with Gasteiger partial charge in [0.2, 0.25) is 5.91 Å². The zero-order valence-electron chi connectivity index (χ0n) is 20.6. The highest BCUT2D eigenvalue weighted by atomic mass is 32.2. The van der Waals surface area contributed by atoms with Crippen LogP contribution in [0.2, 0.25) is 0 Å². The van der Waals surface area contributed by atoms with Crippen LogP contribution in [0.1, 0.15) is 48.7 Å². The number of aryl methyl sites for hydroxylation is 1. The molecule has 1 aliphatic rings. The van der Waals surface area contributed by atoms with E-state index in [0.29, 0.717) is 30.8 Å². The van der Waals surface area contributed by atoms with Gasteiger partial charge in [0.15, 0.2) is 5.16 Å². The van der Waals surface area contributed by atoms with E-state index in [1.807, 2.05) is 36.1 Å². The number of amides is 1. The molecule has 0 N–H and O–H groups in total. The Kier molecular flexibility index (Phi) is 7.85. The van der Waals surface area contributed by atoms with Gasteiger partial charge in [0.1, 0.15) is 11.5 Å². The monoisotopic (exact) mass is 497 g/mol. The minimum atomic E-state index is -0.363. The maximum Gasteiger partial charge on any atom is 0.338 e. The average Bonchev–Trinajstić information content (AvgIpc) is 3.51. The van der Waals surface area contributed by atoms with Gasteiger partial charge in [-0.2, -0.15) is 0 Å². The Bertz CT molecular complexity index is 1230. The first kappa shape index (κ1) is 24.9. The van der Waals surface area contributed by atoms with Gasteiger partial charge in [0, 0.05) is 18.7 Å². The molecular formula is C26H31N3O5S. The van der Waals surface area contributed by atoms with E-state index < -0.39 is 0 Å². The molecule has 0 unspecified atom stereocenters. The number of hydrogen-bond acceptors (Lipinski definition) is 7. The number of carbonyl (C=O) groups is 2. The van der Waals surface area contributed by atoms with E-state index in [4.69, 9.17) is 19.2 Å². The second-order valence-electron chi connectivity index (χ2n) is 8.20. The molecule has 0 radical (unpaired) electrons. The third kappa shape index (κ3) is 5.10. The van der Waals surface area contributed by atoms with Gasteiger partial charge in [0.05, 0.1) is 49.2 Å². The lowest BCUT2D eigenvalue weighted by molar-refractivity contribution is -0.129. The van der Waals surface area contributed by atoms with Crippen LogP contribution >= 0.6 is 11.8 Å². The van der Waals surface area contributed by atoms with Crippen molar-refractivity contribution >= 4 is 34.7 Å². The van der Waals surface area contributed by atoms with Crippen LogP contribution in [0.3, 0.4) is 0 Å². The molecule has 1 atom stereocenters. The van der Waals surface area contributed by atoms with Crippen LogP contribution in [-0.2, 0) is 16.1 Å². The van der Waals surface area contributed by atoms with Gasteiger partial charge >= 0.3 is 5.97 Å². The van der Waals surface area contributed by atoms with Crippen molar-refractivity contribution in [2.24, 2.45) is 0 Å². The molecule has 0 saturated carbocycles. The first-order valence-corrected chi connectivity index (χ1v) is 12.8. The van der Waals surface area contributed by atoms with Crippen LogP contribution in [0.5, 0.6) is 11.5 Å². The van der Waals surface area contributed by atoms with Gasteiger partial charge in [-0.05, 0) is 63.1 Å². The molecule has 2 aromatic carbocycles. The number of likely N-dealkylation sites (tertiary alicyclic amines) is 1. The summed E-state index contributed by atoms with van der Waals surface area (Å²) in [4.78, 5) is 32.1. The minimum absolute atomic E-state index is 0.0507. The third-order valence-electron chi connectivity index (χ3n) is 6.23. The number of methoxy groups -OCH3 is 2. The molecule has 2 heterocycles. The molecule has 1 aromatic heterocycles. The molecule has 9 heteroatoms. The first-order valence-electron chi connectivity index (χ1n) is 11.8. The van der Waals surface area contributed by atoms with Crippen molar-refractivity contribution in [1.82, 2.24) is 14.5 Å². The molecule has 1 aliphatic heterocycles. The summed E-state index contributed by atoms with van der Waals surface area (Å²) >= 11 is 1.42. The number of benzene rings is 2. The highest BCUT2D eigenvalue weighted by Gasteiger charge is 2.32. The second kappa shape index (κ2) is 11.0. The van der Waals surface area contributed by atoms with Gasteiger partial charge in [0.25, 0.3) is 0 Å². The number of nitrogens with zero attached hydrogens (tertiary/aromatic N) is 3. The van der Waals surface area contributed by atoms with Crippen LogP contribution in [0.25, 0.3) is 11.0 Å². The van der Waals surface area contributed by atoms with Crippen molar-refractivity contribution in [2.75, 3.05) is 33.1 Å². The summed E-state index contributed by atoms with van der Waals surface area (Å²) in [5.74, 6) is 1.47. The maximum atomic E-state index is 13.3. The lowest BCUT2D eigenvalue weighted by Crippen LogP contribution is -2.32. The Morgan fingerprint density at radius 1 is 1.11 bits per heavy atom. The predicted molar refractivity (Wildman–Crippen MR) is 135 cm³/mol. The number of hydrogen-bond donors (Lipinski definition) is 0. The number of thioether (sulfide) groups is 1. The summed E-state index contributed by atoms with van der Waals surface area (Å²) in [7, 11) is 3.28. The summed E-state index contributed by atoms with van der Waals surface area (Å²) in [6.45, 7) is 5.56. The standard InChI is InChI=1S/C26H31N3O5S/c1-5-28-22-11-9-17(25(31)34-6-2)14-20(22)27-26(28)35-16-24(30)29-13-7-8-21(29)19-15-18(32-3)10-12-23(19)33-4/h9-12,14-15,21H,5-8,13,16H2,1-4H3/t21-/m1/s1. The molecule has 35 heavy (non-hydrogen) atoms. The largest absolute Gasteiger partial charge is 0.497 e. The van der Waals surface area contributed by atoms with Crippen LogP contribution in [-0.4, -0.2) is 59.5 Å². The molecule has 0 aliphatic carbocycles. The molecule has 0 spiro atoms. The zero-order chi connectivity index (χ0) is 24.9. The van der Waals surface area contributed by atoms with E-state index in [-0.39, 0.29) is 23.7 Å². The molecule has 3 aromatic rings. The quantitative estimate of drug-likeness (QED) is 0.313. The highest BCUT2D eigenvalue weighted by Crippen LogP contribution is 2.39. The highest BCUT2D eigenvalue weighted by molar-refractivity contribution is 7.99. The Balaban J connectivity index is 1.53. The smallest absolute Gasteiger partial charge is 0.338 e. The van der Waals surface area contributed by atoms with E-state index >= 15 is 0 Å². The predicted octanol–water partition coefficient (Wildman–Crippen LogP) is 4.71. The Labute approximate surface area is 209 Å². The normalized spacial score (nSPS) is 15.4. The lowest BCUT2D eigenvalue weighted by Gasteiger charge is -2.26. The zero-order valence-corrected chi connectivity index (χ0v) is 21.4. The molecule has 186 valence electrons. The molecule has 0 bridgehead atoms.